The first-order valence-electron chi connectivity index (χ1n) is 11.9. The van der Waals surface area contributed by atoms with Gasteiger partial charge in [-0.3, -0.25) is 14.3 Å². The average Bonchev–Trinajstić information content (AvgIpc) is 3.10. The van der Waals surface area contributed by atoms with Crippen molar-refractivity contribution in [2.45, 2.75) is 50.6 Å². The second kappa shape index (κ2) is 7.91. The fourth-order valence-corrected chi connectivity index (χ4v) is 7.08. The molecule has 4 aliphatic carbocycles. The molecule has 2 aromatic carbocycles. The molecule has 4 fully saturated rings. The first kappa shape index (κ1) is 20.8. The lowest BCUT2D eigenvalue weighted by molar-refractivity contribution is -0.0167. The Morgan fingerprint density at radius 2 is 1.55 bits per heavy atom. The maximum Gasteiger partial charge on any atom is 0.284 e. The Hall–Kier alpha value is -2.79. The number of carbonyl (C=O) groups excluding carboxylic acids is 1. The van der Waals surface area contributed by atoms with Gasteiger partial charge in [-0.2, -0.15) is 0 Å². The molecule has 6 heteroatoms. The summed E-state index contributed by atoms with van der Waals surface area (Å²) in [5, 5.41) is 3.96. The van der Waals surface area contributed by atoms with Gasteiger partial charge in [-0.05, 0) is 86.1 Å². The summed E-state index contributed by atoms with van der Waals surface area (Å²) in [6.45, 7) is 0.489. The minimum absolute atomic E-state index is 0.134. The van der Waals surface area contributed by atoms with Gasteiger partial charge in [0.25, 0.3) is 11.5 Å². The largest absolute Gasteiger partial charge is 0.346 e. The fraction of sp³-hybridized carbons (Fsp3) is 0.407. The Kier molecular flexibility index (Phi) is 4.98. The Morgan fingerprint density at radius 3 is 2.15 bits per heavy atom. The van der Waals surface area contributed by atoms with Crippen LogP contribution in [0.5, 0.6) is 0 Å². The minimum Gasteiger partial charge on any atom is -0.346 e. The molecule has 5 nitrogen and oxygen atoms in total. The summed E-state index contributed by atoms with van der Waals surface area (Å²) < 4.78 is 3.41. The lowest BCUT2D eigenvalue weighted by Gasteiger charge is -2.56. The first-order valence-corrected chi connectivity index (χ1v) is 12.3. The molecule has 3 aromatic rings. The molecule has 0 unspecified atom stereocenters. The van der Waals surface area contributed by atoms with E-state index in [9.17, 15) is 9.59 Å². The molecule has 7 rings (SSSR count). The molecule has 0 aliphatic heterocycles. The predicted molar refractivity (Wildman–Crippen MR) is 129 cm³/mol. The van der Waals surface area contributed by atoms with E-state index < -0.39 is 0 Å². The molecule has 1 heterocycles. The predicted octanol–water partition coefficient (Wildman–Crippen LogP) is 5.04. The number of nitrogens with one attached hydrogen (secondary N) is 1. The van der Waals surface area contributed by atoms with Crippen LogP contribution in [-0.4, -0.2) is 20.8 Å². The van der Waals surface area contributed by atoms with Gasteiger partial charge in [0.05, 0.1) is 12.2 Å². The summed E-state index contributed by atoms with van der Waals surface area (Å²) in [7, 11) is 0. The van der Waals surface area contributed by atoms with Crippen molar-refractivity contribution >= 4 is 17.5 Å². The molecule has 1 amide bonds. The van der Waals surface area contributed by atoms with E-state index in [-0.39, 0.29) is 22.6 Å². The minimum atomic E-state index is -0.296. The zero-order valence-corrected chi connectivity index (χ0v) is 19.3. The summed E-state index contributed by atoms with van der Waals surface area (Å²) in [5.74, 6) is 1.94. The molecule has 0 spiro atoms. The van der Waals surface area contributed by atoms with Gasteiger partial charge in [0.1, 0.15) is 5.56 Å². The van der Waals surface area contributed by atoms with E-state index in [1.165, 1.54) is 19.3 Å². The number of halogens is 1. The van der Waals surface area contributed by atoms with Gasteiger partial charge < -0.3 is 5.32 Å². The van der Waals surface area contributed by atoms with E-state index >= 15 is 0 Å². The van der Waals surface area contributed by atoms with E-state index in [4.69, 9.17) is 11.6 Å². The highest BCUT2D eigenvalue weighted by Crippen LogP contribution is 2.55. The Labute approximate surface area is 198 Å². The van der Waals surface area contributed by atoms with Gasteiger partial charge in [-0.15, -0.1) is 0 Å². The van der Waals surface area contributed by atoms with Crippen LogP contribution in [0, 0.1) is 17.8 Å². The highest BCUT2D eigenvalue weighted by molar-refractivity contribution is 6.30. The van der Waals surface area contributed by atoms with Crippen LogP contribution in [-0.2, 0) is 6.54 Å². The zero-order chi connectivity index (χ0) is 22.6. The third-order valence-corrected chi connectivity index (χ3v) is 8.13. The van der Waals surface area contributed by atoms with Crippen molar-refractivity contribution in [3.8, 4) is 5.69 Å². The number of benzene rings is 2. The van der Waals surface area contributed by atoms with Crippen LogP contribution in [0.15, 0.2) is 65.6 Å². The van der Waals surface area contributed by atoms with Crippen molar-refractivity contribution in [1.29, 1.82) is 0 Å². The SMILES string of the molecule is O=C(NC12CC3CC(CC(C3)C1)C2)c1cn(Cc2ccccc2)n(-c2ccc(Cl)cc2)c1=O. The standard InChI is InChI=1S/C27H28ClN3O2/c28-22-6-8-23(9-7-22)31-26(33)24(17-30(31)16-18-4-2-1-3-5-18)25(32)29-27-13-19-10-20(14-27)12-21(11-19)15-27/h1-9,17,19-21H,10-16H2,(H,29,32). The van der Waals surface area contributed by atoms with Crippen molar-refractivity contribution in [2.75, 3.05) is 0 Å². The lowest BCUT2D eigenvalue weighted by atomic mass is 9.53. The first-order chi connectivity index (χ1) is 16.0. The topological polar surface area (TPSA) is 56.0 Å². The molecule has 4 bridgehead atoms. The van der Waals surface area contributed by atoms with Crippen LogP contribution < -0.4 is 10.9 Å². The summed E-state index contributed by atoms with van der Waals surface area (Å²) in [6.07, 6.45) is 8.81. The van der Waals surface area contributed by atoms with E-state index in [0.29, 0.717) is 17.3 Å². The highest BCUT2D eigenvalue weighted by Gasteiger charge is 2.51. The maximum atomic E-state index is 13.5. The monoisotopic (exact) mass is 461 g/mol. The molecule has 170 valence electrons. The third-order valence-electron chi connectivity index (χ3n) is 7.88. The Balaban J connectivity index is 1.36. The zero-order valence-electron chi connectivity index (χ0n) is 18.5. The van der Waals surface area contributed by atoms with E-state index in [1.807, 2.05) is 47.1 Å². The number of hydrogen-bond donors (Lipinski definition) is 1. The second-order valence-electron chi connectivity index (χ2n) is 10.4. The van der Waals surface area contributed by atoms with E-state index in [2.05, 4.69) is 5.32 Å². The number of hydrogen-bond acceptors (Lipinski definition) is 2. The third kappa shape index (κ3) is 3.82. The van der Waals surface area contributed by atoms with Crippen LogP contribution in [0.3, 0.4) is 0 Å². The molecule has 1 aromatic heterocycles. The molecule has 0 radical (unpaired) electrons. The van der Waals surface area contributed by atoms with Crippen molar-refractivity contribution < 1.29 is 4.79 Å². The van der Waals surface area contributed by atoms with Gasteiger partial charge in [0, 0.05) is 16.8 Å². The highest BCUT2D eigenvalue weighted by atomic mass is 35.5. The average molecular weight is 462 g/mol. The van der Waals surface area contributed by atoms with Gasteiger partial charge in [0.2, 0.25) is 0 Å². The van der Waals surface area contributed by atoms with Crippen molar-refractivity contribution in [3.05, 3.63) is 87.3 Å². The maximum absolute atomic E-state index is 13.5. The number of nitrogens with zero attached hydrogens (tertiary/aromatic N) is 2. The molecule has 4 aliphatic rings. The van der Waals surface area contributed by atoms with Gasteiger partial charge in [-0.25, -0.2) is 4.68 Å². The molecule has 33 heavy (non-hydrogen) atoms. The van der Waals surface area contributed by atoms with Crippen LogP contribution in [0.1, 0.15) is 54.4 Å². The number of carbonyl (C=O) groups is 1. The normalized spacial score (nSPS) is 27.6. The van der Waals surface area contributed by atoms with Crippen molar-refractivity contribution in [2.24, 2.45) is 17.8 Å². The van der Waals surface area contributed by atoms with E-state index in [1.54, 1.807) is 23.0 Å². The Bertz CT molecular complexity index is 1210. The van der Waals surface area contributed by atoms with Gasteiger partial charge >= 0.3 is 0 Å². The van der Waals surface area contributed by atoms with Crippen molar-refractivity contribution in [3.63, 3.8) is 0 Å². The smallest absolute Gasteiger partial charge is 0.284 e. The van der Waals surface area contributed by atoms with Crippen LogP contribution in [0.4, 0.5) is 0 Å². The summed E-state index contributed by atoms with van der Waals surface area (Å²) in [4.78, 5) is 27.0. The molecule has 1 N–H and O–H groups in total. The fourth-order valence-electron chi connectivity index (χ4n) is 6.96. The number of amides is 1. The summed E-state index contributed by atoms with van der Waals surface area (Å²) >= 11 is 6.08. The lowest BCUT2D eigenvalue weighted by Crippen LogP contribution is -2.60. The second-order valence-corrected chi connectivity index (χ2v) is 10.8. The molecule has 4 saturated carbocycles. The van der Waals surface area contributed by atoms with Crippen LogP contribution in [0.2, 0.25) is 5.02 Å². The van der Waals surface area contributed by atoms with Crippen LogP contribution >= 0.6 is 11.6 Å². The Morgan fingerprint density at radius 1 is 0.939 bits per heavy atom. The molecule has 0 saturated heterocycles. The molecule has 0 atom stereocenters. The van der Waals surface area contributed by atoms with Crippen molar-refractivity contribution in [1.82, 2.24) is 14.7 Å². The van der Waals surface area contributed by atoms with Gasteiger partial charge in [-0.1, -0.05) is 41.9 Å². The molecular formula is C27H28ClN3O2. The summed E-state index contributed by atoms with van der Waals surface area (Å²) in [6, 6.07) is 17.1. The van der Waals surface area contributed by atoms with E-state index in [0.717, 1.165) is 42.6 Å². The number of rotatable bonds is 5. The van der Waals surface area contributed by atoms with Crippen LogP contribution in [0.25, 0.3) is 5.69 Å². The van der Waals surface area contributed by atoms with Gasteiger partial charge in [0.15, 0.2) is 0 Å². The quantitative estimate of drug-likeness (QED) is 0.578. The summed E-state index contributed by atoms with van der Waals surface area (Å²) in [5.41, 5.74) is 1.52. The molecular weight excluding hydrogens is 434 g/mol. The number of aromatic nitrogens is 2.